The Kier molecular flexibility index (Phi) is 6.85. The van der Waals surface area contributed by atoms with Crippen LogP contribution in [0.25, 0.3) is 0 Å². The molecule has 0 aromatic heterocycles. The van der Waals surface area contributed by atoms with E-state index < -0.39 is 10.0 Å². The summed E-state index contributed by atoms with van der Waals surface area (Å²) in [6.45, 7) is 10.3. The molecule has 1 aromatic carbocycles. The fraction of sp³-hybridized carbons (Fsp3) is 0.588. The van der Waals surface area contributed by atoms with E-state index in [1.165, 1.54) is 16.4 Å². The number of nitrogens with zero attached hydrogens (tertiary/aromatic N) is 3. The lowest BCUT2D eigenvalue weighted by Gasteiger charge is -2.34. The fourth-order valence-corrected chi connectivity index (χ4v) is 4.94. The van der Waals surface area contributed by atoms with Crippen molar-refractivity contribution in [3.05, 3.63) is 28.8 Å². The van der Waals surface area contributed by atoms with Gasteiger partial charge in [-0.1, -0.05) is 32.4 Å². The number of carbonyl (C=O) groups excluding carboxylic acids is 1. The van der Waals surface area contributed by atoms with Gasteiger partial charge in [0.15, 0.2) is 0 Å². The molecule has 6 nitrogen and oxygen atoms in total. The van der Waals surface area contributed by atoms with E-state index in [0.717, 1.165) is 19.6 Å². The maximum Gasteiger partial charge on any atom is 0.253 e. The Bertz CT molecular complexity index is 712. The van der Waals surface area contributed by atoms with E-state index in [2.05, 4.69) is 11.8 Å². The van der Waals surface area contributed by atoms with Gasteiger partial charge in [0.2, 0.25) is 10.0 Å². The highest BCUT2D eigenvalue weighted by Gasteiger charge is 2.27. The van der Waals surface area contributed by atoms with Gasteiger partial charge in [0.25, 0.3) is 5.91 Å². The maximum absolute atomic E-state index is 12.8. The van der Waals surface area contributed by atoms with Crippen LogP contribution in [0.2, 0.25) is 5.02 Å². The highest BCUT2D eigenvalue weighted by molar-refractivity contribution is 7.89. The third-order valence-corrected chi connectivity index (χ3v) is 7.14. The number of sulfonamides is 1. The summed E-state index contributed by atoms with van der Waals surface area (Å²) in [4.78, 5) is 16.8. The first-order valence-electron chi connectivity index (χ1n) is 8.66. The minimum atomic E-state index is -3.71. The van der Waals surface area contributed by atoms with Gasteiger partial charge >= 0.3 is 0 Å². The number of halogens is 1. The van der Waals surface area contributed by atoms with E-state index in [9.17, 15) is 13.2 Å². The van der Waals surface area contributed by atoms with Crippen molar-refractivity contribution in [3.63, 3.8) is 0 Å². The van der Waals surface area contributed by atoms with E-state index in [0.29, 0.717) is 31.7 Å². The Hall–Kier alpha value is -1.15. The van der Waals surface area contributed by atoms with Gasteiger partial charge in [0.05, 0.1) is 5.02 Å². The molecule has 0 N–H and O–H groups in total. The zero-order chi connectivity index (χ0) is 18.6. The number of likely N-dealkylation sites (N-methyl/N-ethyl adjacent to an activating group) is 1. The van der Waals surface area contributed by atoms with Crippen molar-refractivity contribution < 1.29 is 13.2 Å². The van der Waals surface area contributed by atoms with Crippen molar-refractivity contribution >= 4 is 27.5 Å². The Balaban J connectivity index is 2.28. The van der Waals surface area contributed by atoms with E-state index in [1.807, 2.05) is 0 Å². The number of carbonyl (C=O) groups is 1. The average Bonchev–Trinajstić information content (AvgIpc) is 2.62. The number of amides is 1. The Labute approximate surface area is 155 Å². The third kappa shape index (κ3) is 4.34. The largest absolute Gasteiger partial charge is 0.336 e. The molecule has 1 heterocycles. The molecule has 1 amide bonds. The van der Waals surface area contributed by atoms with Crippen LogP contribution in [0.4, 0.5) is 0 Å². The number of benzene rings is 1. The fourth-order valence-electron chi connectivity index (χ4n) is 2.99. The van der Waals surface area contributed by atoms with E-state index >= 15 is 0 Å². The summed E-state index contributed by atoms with van der Waals surface area (Å²) in [5.41, 5.74) is 0.361. The van der Waals surface area contributed by atoms with Crippen LogP contribution in [0.1, 0.15) is 31.1 Å². The van der Waals surface area contributed by atoms with Crippen molar-refractivity contribution in [1.82, 2.24) is 14.1 Å². The molecular formula is C17H26ClN3O3S. The lowest BCUT2D eigenvalue weighted by molar-refractivity contribution is 0.0643. The molecule has 0 unspecified atom stereocenters. The van der Waals surface area contributed by atoms with Crippen molar-refractivity contribution in [2.75, 3.05) is 45.8 Å². The van der Waals surface area contributed by atoms with Gasteiger partial charge < -0.3 is 9.80 Å². The molecule has 2 rings (SSSR count). The SMILES string of the molecule is CCN1CCN(C(=O)c2ccc(Cl)c(S(=O)(=O)N(CC)CC)c2)CC1. The Morgan fingerprint density at radius 2 is 1.72 bits per heavy atom. The summed E-state index contributed by atoms with van der Waals surface area (Å²) >= 11 is 6.13. The molecule has 0 radical (unpaired) electrons. The van der Waals surface area contributed by atoms with Gasteiger partial charge in [-0.25, -0.2) is 8.42 Å². The van der Waals surface area contributed by atoms with Gasteiger partial charge in [-0.15, -0.1) is 0 Å². The van der Waals surface area contributed by atoms with Crippen LogP contribution in [0.15, 0.2) is 23.1 Å². The van der Waals surface area contributed by atoms with E-state index in [1.54, 1.807) is 24.8 Å². The van der Waals surface area contributed by atoms with Crippen LogP contribution in [0.3, 0.4) is 0 Å². The first kappa shape index (κ1) is 20.2. The van der Waals surface area contributed by atoms with E-state index in [-0.39, 0.29) is 15.8 Å². The second-order valence-corrected chi connectivity index (χ2v) is 8.27. The number of piperazine rings is 1. The molecule has 1 aliphatic heterocycles. The molecule has 1 fully saturated rings. The first-order valence-corrected chi connectivity index (χ1v) is 10.5. The van der Waals surface area contributed by atoms with Crippen LogP contribution < -0.4 is 0 Å². The van der Waals surface area contributed by atoms with Crippen molar-refractivity contribution in [1.29, 1.82) is 0 Å². The van der Waals surface area contributed by atoms with Crippen LogP contribution in [0, 0.1) is 0 Å². The lowest BCUT2D eigenvalue weighted by Crippen LogP contribution is -2.48. The molecule has 0 bridgehead atoms. The van der Waals surface area contributed by atoms with Gasteiger partial charge in [-0.3, -0.25) is 4.79 Å². The highest BCUT2D eigenvalue weighted by atomic mass is 35.5. The van der Waals surface area contributed by atoms with E-state index in [4.69, 9.17) is 11.6 Å². The topological polar surface area (TPSA) is 60.9 Å². The van der Waals surface area contributed by atoms with Crippen molar-refractivity contribution in [2.45, 2.75) is 25.7 Å². The lowest BCUT2D eigenvalue weighted by atomic mass is 10.2. The minimum absolute atomic E-state index is 0.00379. The molecule has 1 aliphatic rings. The van der Waals surface area contributed by atoms with Crippen LogP contribution in [0.5, 0.6) is 0 Å². The standard InChI is InChI=1S/C17H26ClN3O3S/c1-4-19-9-11-20(12-10-19)17(22)14-7-8-15(18)16(13-14)25(23,24)21(5-2)6-3/h7-8,13H,4-6,9-12H2,1-3H3. The van der Waals surface area contributed by atoms with Crippen LogP contribution >= 0.6 is 11.6 Å². The molecule has 0 atom stereocenters. The number of hydrogen-bond acceptors (Lipinski definition) is 4. The van der Waals surface area contributed by atoms with Crippen molar-refractivity contribution in [2.24, 2.45) is 0 Å². The van der Waals surface area contributed by atoms with Gasteiger partial charge in [0.1, 0.15) is 4.90 Å². The predicted octanol–water partition coefficient (Wildman–Crippen LogP) is 2.15. The monoisotopic (exact) mass is 387 g/mol. The normalized spacial score (nSPS) is 16.4. The molecule has 25 heavy (non-hydrogen) atoms. The summed E-state index contributed by atoms with van der Waals surface area (Å²) in [5.74, 6) is -0.150. The maximum atomic E-state index is 12.8. The smallest absolute Gasteiger partial charge is 0.253 e. The van der Waals surface area contributed by atoms with Gasteiger partial charge in [-0.05, 0) is 24.7 Å². The zero-order valence-electron chi connectivity index (χ0n) is 15.0. The molecule has 140 valence electrons. The molecule has 8 heteroatoms. The molecule has 0 saturated carbocycles. The quantitative estimate of drug-likeness (QED) is 0.750. The minimum Gasteiger partial charge on any atom is -0.336 e. The summed E-state index contributed by atoms with van der Waals surface area (Å²) in [6, 6.07) is 4.50. The van der Waals surface area contributed by atoms with Gasteiger partial charge in [0, 0.05) is 44.8 Å². The summed E-state index contributed by atoms with van der Waals surface area (Å²) < 4.78 is 26.9. The Morgan fingerprint density at radius 1 is 1.12 bits per heavy atom. The first-order chi connectivity index (χ1) is 11.8. The summed E-state index contributed by atoms with van der Waals surface area (Å²) in [6.07, 6.45) is 0. The third-order valence-electron chi connectivity index (χ3n) is 4.61. The molecular weight excluding hydrogens is 362 g/mol. The summed E-state index contributed by atoms with van der Waals surface area (Å²) in [7, 11) is -3.71. The van der Waals surface area contributed by atoms with Crippen LogP contribution in [-0.2, 0) is 10.0 Å². The van der Waals surface area contributed by atoms with Crippen LogP contribution in [-0.4, -0.2) is 74.2 Å². The molecule has 0 spiro atoms. The molecule has 1 aromatic rings. The van der Waals surface area contributed by atoms with Crippen molar-refractivity contribution in [3.8, 4) is 0 Å². The predicted molar refractivity (Wildman–Crippen MR) is 99.6 cm³/mol. The average molecular weight is 388 g/mol. The Morgan fingerprint density at radius 3 is 2.24 bits per heavy atom. The second-order valence-electron chi connectivity index (χ2n) is 5.96. The zero-order valence-corrected chi connectivity index (χ0v) is 16.6. The highest BCUT2D eigenvalue weighted by Crippen LogP contribution is 2.26. The van der Waals surface area contributed by atoms with Gasteiger partial charge in [-0.2, -0.15) is 4.31 Å². The second kappa shape index (κ2) is 8.49. The molecule has 1 saturated heterocycles. The number of rotatable bonds is 6. The number of hydrogen-bond donors (Lipinski definition) is 0. The summed E-state index contributed by atoms with van der Waals surface area (Å²) in [5, 5.41) is 0.138. The molecule has 0 aliphatic carbocycles.